The molecular weight excluding hydrogens is 303 g/mol. The molecule has 0 aromatic heterocycles. The Morgan fingerprint density at radius 2 is 2.14 bits per heavy atom. The Hall–Kier alpha value is -2.06. The zero-order valence-corrected chi connectivity index (χ0v) is 11.7. The summed E-state index contributed by atoms with van der Waals surface area (Å²) in [4.78, 5) is 11.1. The Balaban J connectivity index is 3.08. The van der Waals surface area contributed by atoms with Crippen LogP contribution in [-0.2, 0) is 15.7 Å². The average molecular weight is 319 g/mol. The van der Waals surface area contributed by atoms with Crippen LogP contribution in [0.15, 0.2) is 24.3 Å². The highest BCUT2D eigenvalue weighted by molar-refractivity contribution is 5.88. The second-order valence-electron chi connectivity index (χ2n) is 4.37. The van der Waals surface area contributed by atoms with Crippen LogP contribution in [0.5, 0.6) is 0 Å². The molecule has 1 aromatic carbocycles. The normalized spacial score (nSPS) is 13.2. The lowest BCUT2D eigenvalue weighted by Crippen LogP contribution is -2.23. The van der Waals surface area contributed by atoms with Crippen molar-refractivity contribution in [2.45, 2.75) is 12.3 Å². The van der Waals surface area contributed by atoms with Crippen LogP contribution < -0.4 is 5.32 Å². The molecule has 0 aliphatic heterocycles. The van der Waals surface area contributed by atoms with Crippen molar-refractivity contribution in [2.75, 3.05) is 25.6 Å². The van der Waals surface area contributed by atoms with E-state index in [-0.39, 0.29) is 12.2 Å². The van der Waals surface area contributed by atoms with Crippen LogP contribution in [0.25, 0.3) is 6.08 Å². The first-order valence-corrected chi connectivity index (χ1v) is 6.28. The van der Waals surface area contributed by atoms with E-state index in [0.717, 1.165) is 18.2 Å². The van der Waals surface area contributed by atoms with Crippen molar-refractivity contribution in [3.8, 4) is 0 Å². The molecule has 5 nitrogen and oxygen atoms in total. The standard InChI is InChI=1S/C14H16F3NO4/c1-22-13(21)5-3-9-2-4-10(14(15,16)17)6-12(9)18-7-11(20)8-19/h2-6,11,18-20H,7-8H2,1H3. The molecule has 1 aromatic rings. The van der Waals surface area contributed by atoms with Gasteiger partial charge in [0.25, 0.3) is 0 Å². The van der Waals surface area contributed by atoms with Crippen LogP contribution in [0.2, 0.25) is 0 Å². The monoisotopic (exact) mass is 319 g/mol. The molecule has 0 aliphatic carbocycles. The molecule has 122 valence electrons. The SMILES string of the molecule is COC(=O)C=Cc1ccc(C(F)(F)F)cc1NCC(O)CO. The third-order valence-corrected chi connectivity index (χ3v) is 2.72. The second kappa shape index (κ2) is 7.81. The summed E-state index contributed by atoms with van der Waals surface area (Å²) < 4.78 is 42.6. The predicted molar refractivity (Wildman–Crippen MR) is 74.1 cm³/mol. The van der Waals surface area contributed by atoms with Gasteiger partial charge >= 0.3 is 12.1 Å². The summed E-state index contributed by atoms with van der Waals surface area (Å²) >= 11 is 0. The number of hydrogen-bond donors (Lipinski definition) is 3. The van der Waals surface area contributed by atoms with Gasteiger partial charge in [-0.3, -0.25) is 0 Å². The van der Waals surface area contributed by atoms with E-state index in [1.54, 1.807) is 0 Å². The Morgan fingerprint density at radius 1 is 1.45 bits per heavy atom. The summed E-state index contributed by atoms with van der Waals surface area (Å²) in [6.45, 7) is -0.670. The summed E-state index contributed by atoms with van der Waals surface area (Å²) in [7, 11) is 1.18. The fourth-order valence-electron chi connectivity index (χ4n) is 1.55. The molecule has 1 rings (SSSR count). The molecule has 0 fully saturated rings. The molecule has 0 bridgehead atoms. The molecule has 0 saturated carbocycles. The number of rotatable bonds is 6. The zero-order valence-electron chi connectivity index (χ0n) is 11.7. The highest BCUT2D eigenvalue weighted by atomic mass is 19.4. The molecule has 0 saturated heterocycles. The van der Waals surface area contributed by atoms with Crippen molar-refractivity contribution in [3.05, 3.63) is 35.4 Å². The van der Waals surface area contributed by atoms with Gasteiger partial charge in [-0.25, -0.2) is 4.79 Å². The van der Waals surface area contributed by atoms with Gasteiger partial charge in [0, 0.05) is 18.3 Å². The number of halogens is 3. The number of anilines is 1. The van der Waals surface area contributed by atoms with Gasteiger partial charge in [0.1, 0.15) is 0 Å². The van der Waals surface area contributed by atoms with Crippen LogP contribution in [-0.4, -0.2) is 42.5 Å². The van der Waals surface area contributed by atoms with Crippen molar-refractivity contribution >= 4 is 17.7 Å². The maximum Gasteiger partial charge on any atom is 0.416 e. The van der Waals surface area contributed by atoms with E-state index in [4.69, 9.17) is 5.11 Å². The van der Waals surface area contributed by atoms with Crippen LogP contribution in [0.1, 0.15) is 11.1 Å². The minimum atomic E-state index is -4.52. The third kappa shape index (κ3) is 5.38. The van der Waals surface area contributed by atoms with Crippen molar-refractivity contribution in [2.24, 2.45) is 0 Å². The molecular formula is C14H16F3NO4. The van der Waals surface area contributed by atoms with E-state index < -0.39 is 30.4 Å². The van der Waals surface area contributed by atoms with Crippen LogP contribution in [0.3, 0.4) is 0 Å². The first kappa shape index (κ1) is 18.0. The number of ether oxygens (including phenoxy) is 1. The molecule has 0 radical (unpaired) electrons. The molecule has 3 N–H and O–H groups in total. The number of esters is 1. The summed E-state index contributed by atoms with van der Waals surface area (Å²) in [6.07, 6.45) is -3.28. The maximum absolute atomic E-state index is 12.7. The summed E-state index contributed by atoms with van der Waals surface area (Å²) in [5.41, 5.74) is -0.491. The van der Waals surface area contributed by atoms with Gasteiger partial charge in [-0.2, -0.15) is 13.2 Å². The molecule has 0 spiro atoms. The Morgan fingerprint density at radius 3 is 2.68 bits per heavy atom. The van der Waals surface area contributed by atoms with Crippen molar-refractivity contribution in [1.82, 2.24) is 0 Å². The summed E-state index contributed by atoms with van der Waals surface area (Å²) in [5, 5.41) is 20.6. The number of aliphatic hydroxyl groups excluding tert-OH is 2. The fraction of sp³-hybridized carbons (Fsp3) is 0.357. The van der Waals surface area contributed by atoms with Crippen LogP contribution in [0.4, 0.5) is 18.9 Å². The van der Waals surface area contributed by atoms with Crippen LogP contribution in [0, 0.1) is 0 Å². The molecule has 1 atom stereocenters. The number of nitrogens with one attached hydrogen (secondary N) is 1. The highest BCUT2D eigenvalue weighted by Gasteiger charge is 2.30. The molecule has 0 amide bonds. The molecule has 1 unspecified atom stereocenters. The Kier molecular flexibility index (Phi) is 6.39. The number of aliphatic hydroxyl groups is 2. The average Bonchev–Trinajstić information content (AvgIpc) is 2.49. The number of hydrogen-bond acceptors (Lipinski definition) is 5. The molecule has 8 heteroatoms. The van der Waals surface area contributed by atoms with Crippen molar-refractivity contribution < 1.29 is 32.9 Å². The zero-order chi connectivity index (χ0) is 16.8. The molecule has 0 heterocycles. The second-order valence-corrected chi connectivity index (χ2v) is 4.37. The number of benzene rings is 1. The minimum absolute atomic E-state index is 0.0717. The van der Waals surface area contributed by atoms with Gasteiger partial charge in [0.2, 0.25) is 0 Å². The van der Waals surface area contributed by atoms with Gasteiger partial charge in [-0.15, -0.1) is 0 Å². The fourth-order valence-corrected chi connectivity index (χ4v) is 1.55. The van der Waals surface area contributed by atoms with Crippen LogP contribution >= 0.6 is 0 Å². The van der Waals surface area contributed by atoms with E-state index in [9.17, 15) is 23.1 Å². The predicted octanol–water partition coefficient (Wildman–Crippen LogP) is 1.66. The number of alkyl halides is 3. The molecule has 0 aliphatic rings. The smallest absolute Gasteiger partial charge is 0.416 e. The van der Waals surface area contributed by atoms with E-state index in [2.05, 4.69) is 10.1 Å². The Bertz CT molecular complexity index is 543. The van der Waals surface area contributed by atoms with Crippen molar-refractivity contribution in [1.29, 1.82) is 0 Å². The molecule has 22 heavy (non-hydrogen) atoms. The van der Waals surface area contributed by atoms with Gasteiger partial charge < -0.3 is 20.3 Å². The van der Waals surface area contributed by atoms with E-state index in [1.165, 1.54) is 19.3 Å². The quantitative estimate of drug-likeness (QED) is 0.549. The topological polar surface area (TPSA) is 78.8 Å². The first-order chi connectivity index (χ1) is 10.3. The summed E-state index contributed by atoms with van der Waals surface area (Å²) in [5.74, 6) is -0.652. The van der Waals surface area contributed by atoms with E-state index in [0.29, 0.717) is 5.56 Å². The number of carbonyl (C=O) groups is 1. The largest absolute Gasteiger partial charge is 0.466 e. The third-order valence-electron chi connectivity index (χ3n) is 2.72. The van der Waals surface area contributed by atoms with Gasteiger partial charge in [-0.1, -0.05) is 6.07 Å². The lowest BCUT2D eigenvalue weighted by atomic mass is 10.1. The van der Waals surface area contributed by atoms with Crippen molar-refractivity contribution in [3.63, 3.8) is 0 Å². The number of methoxy groups -OCH3 is 1. The lowest BCUT2D eigenvalue weighted by Gasteiger charge is -2.15. The first-order valence-electron chi connectivity index (χ1n) is 6.28. The maximum atomic E-state index is 12.7. The highest BCUT2D eigenvalue weighted by Crippen LogP contribution is 2.32. The lowest BCUT2D eigenvalue weighted by molar-refractivity contribution is -0.137. The Labute approximate surface area is 125 Å². The minimum Gasteiger partial charge on any atom is -0.466 e. The van der Waals surface area contributed by atoms with E-state index >= 15 is 0 Å². The summed E-state index contributed by atoms with van der Waals surface area (Å²) in [6, 6.07) is 2.93. The van der Waals surface area contributed by atoms with Gasteiger partial charge in [-0.05, 0) is 23.8 Å². The van der Waals surface area contributed by atoms with Gasteiger partial charge in [0.05, 0.1) is 25.4 Å². The van der Waals surface area contributed by atoms with E-state index in [1.807, 2.05) is 0 Å². The van der Waals surface area contributed by atoms with Gasteiger partial charge in [0.15, 0.2) is 0 Å². The number of carbonyl (C=O) groups excluding carboxylic acids is 1.